The lowest BCUT2D eigenvalue weighted by atomic mass is 10.0. The van der Waals surface area contributed by atoms with Crippen LogP contribution in [0.3, 0.4) is 0 Å². The summed E-state index contributed by atoms with van der Waals surface area (Å²) < 4.78 is 10.9. The molecule has 1 aromatic heterocycles. The fourth-order valence-corrected chi connectivity index (χ4v) is 3.73. The number of amides is 1. The van der Waals surface area contributed by atoms with Gasteiger partial charge in [0.15, 0.2) is 6.61 Å². The van der Waals surface area contributed by atoms with E-state index in [2.05, 4.69) is 27.0 Å². The molecule has 0 aliphatic carbocycles. The van der Waals surface area contributed by atoms with Crippen molar-refractivity contribution in [2.24, 2.45) is 0 Å². The maximum Gasteiger partial charge on any atom is 0.317 e. The zero-order chi connectivity index (χ0) is 21.7. The molecule has 7 heteroatoms. The zero-order valence-corrected chi connectivity index (χ0v) is 18.6. The van der Waals surface area contributed by atoms with Crippen LogP contribution < -0.4 is 9.47 Å². The van der Waals surface area contributed by atoms with Gasteiger partial charge in [-0.2, -0.15) is 0 Å². The molecule has 0 saturated carbocycles. The second kappa shape index (κ2) is 9.89. The molecule has 2 aromatic rings. The van der Waals surface area contributed by atoms with Crippen molar-refractivity contribution in [3.05, 3.63) is 46.8 Å². The Morgan fingerprint density at radius 3 is 2.47 bits per heavy atom. The maximum atomic E-state index is 12.6. The number of benzene rings is 1. The van der Waals surface area contributed by atoms with Crippen LogP contribution in [0, 0.1) is 20.8 Å². The number of likely N-dealkylation sites (tertiary alicyclic amines) is 1. The van der Waals surface area contributed by atoms with Gasteiger partial charge in [0.25, 0.3) is 5.91 Å². The van der Waals surface area contributed by atoms with E-state index in [9.17, 15) is 4.79 Å². The molecule has 30 heavy (non-hydrogen) atoms. The van der Waals surface area contributed by atoms with Gasteiger partial charge in [0.1, 0.15) is 5.75 Å². The molecule has 1 saturated heterocycles. The minimum Gasteiger partial charge on any atom is -0.497 e. The van der Waals surface area contributed by atoms with Crippen molar-refractivity contribution in [1.29, 1.82) is 0 Å². The van der Waals surface area contributed by atoms with Crippen LogP contribution in [0.25, 0.3) is 0 Å². The van der Waals surface area contributed by atoms with Gasteiger partial charge < -0.3 is 14.4 Å². The van der Waals surface area contributed by atoms with E-state index >= 15 is 0 Å². The molecule has 1 aliphatic heterocycles. The molecule has 0 bridgehead atoms. The number of nitrogens with zero attached hydrogens (tertiary/aromatic N) is 4. The summed E-state index contributed by atoms with van der Waals surface area (Å²) in [7, 11) is 3.55. The molecular weight excluding hydrogens is 380 g/mol. The number of ether oxygens (including phenoxy) is 2. The first-order chi connectivity index (χ1) is 14.4. The van der Waals surface area contributed by atoms with Crippen molar-refractivity contribution in [2.75, 3.05) is 33.9 Å². The van der Waals surface area contributed by atoms with Gasteiger partial charge in [0.2, 0.25) is 0 Å². The molecule has 0 radical (unpaired) electrons. The third kappa shape index (κ3) is 5.48. The second-order valence-corrected chi connectivity index (χ2v) is 7.95. The van der Waals surface area contributed by atoms with Gasteiger partial charge in [0.05, 0.1) is 7.11 Å². The minimum absolute atomic E-state index is 0.0392. The first-order valence-corrected chi connectivity index (χ1v) is 10.4. The van der Waals surface area contributed by atoms with E-state index < -0.39 is 0 Å². The van der Waals surface area contributed by atoms with E-state index in [4.69, 9.17) is 9.47 Å². The summed E-state index contributed by atoms with van der Waals surface area (Å²) in [6.07, 6.45) is 1.90. The molecule has 1 fully saturated rings. The first kappa shape index (κ1) is 22.0. The molecule has 0 atom stereocenters. The zero-order valence-electron chi connectivity index (χ0n) is 18.6. The number of aryl methyl sites for hydroxylation is 2. The Balaban J connectivity index is 1.47. The Labute approximate surface area is 179 Å². The van der Waals surface area contributed by atoms with Gasteiger partial charge in [-0.3, -0.25) is 9.69 Å². The number of carbonyl (C=O) groups is 1. The van der Waals surface area contributed by atoms with Crippen LogP contribution in [0.5, 0.6) is 11.8 Å². The molecule has 2 heterocycles. The molecule has 1 amide bonds. The van der Waals surface area contributed by atoms with Crippen LogP contribution in [-0.2, 0) is 11.3 Å². The molecule has 162 valence electrons. The van der Waals surface area contributed by atoms with E-state index in [-0.39, 0.29) is 24.6 Å². The van der Waals surface area contributed by atoms with Crippen molar-refractivity contribution in [1.82, 2.24) is 19.8 Å². The third-order valence-corrected chi connectivity index (χ3v) is 5.98. The summed E-state index contributed by atoms with van der Waals surface area (Å²) >= 11 is 0. The first-order valence-electron chi connectivity index (χ1n) is 10.4. The SMILES string of the molecule is COc1cccc(CN2CCC(N(C)C(=O)COc3nc(C)c(C)c(C)n3)CC2)c1. The van der Waals surface area contributed by atoms with Crippen LogP contribution in [0.2, 0.25) is 0 Å². The number of carbonyl (C=O) groups excluding carboxylic acids is 1. The van der Waals surface area contributed by atoms with Gasteiger partial charge in [-0.05, 0) is 56.9 Å². The van der Waals surface area contributed by atoms with Crippen molar-refractivity contribution in [3.63, 3.8) is 0 Å². The van der Waals surface area contributed by atoms with Crippen molar-refractivity contribution in [3.8, 4) is 11.8 Å². The number of hydrogen-bond donors (Lipinski definition) is 0. The summed E-state index contributed by atoms with van der Waals surface area (Å²) in [4.78, 5) is 25.5. The molecular formula is C23H32N4O3. The molecule has 1 aliphatic rings. The smallest absolute Gasteiger partial charge is 0.317 e. The number of aromatic nitrogens is 2. The quantitative estimate of drug-likeness (QED) is 0.697. The van der Waals surface area contributed by atoms with Gasteiger partial charge in [-0.15, -0.1) is 0 Å². The average molecular weight is 413 g/mol. The van der Waals surface area contributed by atoms with Crippen molar-refractivity contribution in [2.45, 2.75) is 46.2 Å². The largest absolute Gasteiger partial charge is 0.497 e. The van der Waals surface area contributed by atoms with E-state index in [0.29, 0.717) is 0 Å². The molecule has 3 rings (SSSR count). The highest BCUT2D eigenvalue weighted by atomic mass is 16.5. The number of piperidine rings is 1. The number of hydrogen-bond acceptors (Lipinski definition) is 6. The standard InChI is InChI=1S/C23H32N4O3/c1-16-17(2)24-23(25-18(16)3)30-15-22(28)26(4)20-9-11-27(12-10-20)14-19-7-6-8-21(13-19)29-5/h6-8,13,20H,9-12,14-15H2,1-5H3. The Bertz CT molecular complexity index is 855. The van der Waals surface area contributed by atoms with Crippen molar-refractivity contribution >= 4 is 5.91 Å². The Hall–Kier alpha value is -2.67. The fourth-order valence-electron chi connectivity index (χ4n) is 3.73. The highest BCUT2D eigenvalue weighted by molar-refractivity contribution is 5.77. The van der Waals surface area contributed by atoms with Gasteiger partial charge in [0, 0.05) is 44.1 Å². The lowest BCUT2D eigenvalue weighted by Crippen LogP contribution is -2.46. The Kier molecular flexibility index (Phi) is 7.26. The fraction of sp³-hybridized carbons (Fsp3) is 0.522. The number of rotatable bonds is 7. The summed E-state index contributed by atoms with van der Waals surface area (Å²) in [5.41, 5.74) is 4.05. The third-order valence-electron chi connectivity index (χ3n) is 5.98. The molecule has 1 aromatic carbocycles. The lowest BCUT2D eigenvalue weighted by Gasteiger charge is -2.36. The van der Waals surface area contributed by atoms with Crippen molar-refractivity contribution < 1.29 is 14.3 Å². The number of methoxy groups -OCH3 is 1. The summed E-state index contributed by atoms with van der Waals surface area (Å²) in [6, 6.07) is 8.68. The van der Waals surface area contributed by atoms with Gasteiger partial charge in [-0.1, -0.05) is 12.1 Å². The molecule has 0 spiro atoms. The lowest BCUT2D eigenvalue weighted by molar-refractivity contribution is -0.135. The maximum absolute atomic E-state index is 12.6. The summed E-state index contributed by atoms with van der Waals surface area (Å²) in [5.74, 6) is 0.844. The van der Waals surface area contributed by atoms with E-state index in [1.807, 2.05) is 44.9 Å². The van der Waals surface area contributed by atoms with Crippen LogP contribution in [0.1, 0.15) is 35.4 Å². The van der Waals surface area contributed by atoms with Crippen LogP contribution >= 0.6 is 0 Å². The molecule has 0 N–H and O–H groups in total. The van der Waals surface area contributed by atoms with Crippen LogP contribution in [0.4, 0.5) is 0 Å². The van der Waals surface area contributed by atoms with Gasteiger partial charge >= 0.3 is 6.01 Å². The van der Waals surface area contributed by atoms with Gasteiger partial charge in [-0.25, -0.2) is 9.97 Å². The Morgan fingerprint density at radius 2 is 1.83 bits per heavy atom. The highest BCUT2D eigenvalue weighted by Gasteiger charge is 2.26. The minimum atomic E-state index is -0.0410. The number of likely N-dealkylation sites (N-methyl/N-ethyl adjacent to an activating group) is 1. The normalized spacial score (nSPS) is 15.1. The van der Waals surface area contributed by atoms with Crippen LogP contribution in [-0.4, -0.2) is 65.6 Å². The summed E-state index contributed by atoms with van der Waals surface area (Å²) in [6.45, 7) is 8.60. The van der Waals surface area contributed by atoms with Crippen LogP contribution in [0.15, 0.2) is 24.3 Å². The van der Waals surface area contributed by atoms with E-state index in [0.717, 1.165) is 55.2 Å². The highest BCUT2D eigenvalue weighted by Crippen LogP contribution is 2.20. The molecule has 0 unspecified atom stereocenters. The Morgan fingerprint density at radius 1 is 1.17 bits per heavy atom. The predicted molar refractivity (Wildman–Crippen MR) is 116 cm³/mol. The predicted octanol–water partition coefficient (Wildman–Crippen LogP) is 2.91. The van der Waals surface area contributed by atoms with E-state index in [1.165, 1.54) is 5.56 Å². The van der Waals surface area contributed by atoms with E-state index in [1.54, 1.807) is 7.11 Å². The second-order valence-electron chi connectivity index (χ2n) is 7.95. The average Bonchev–Trinajstić information content (AvgIpc) is 2.75. The molecule has 7 nitrogen and oxygen atoms in total. The summed E-state index contributed by atoms with van der Waals surface area (Å²) in [5, 5.41) is 0. The topological polar surface area (TPSA) is 67.8 Å². The monoisotopic (exact) mass is 412 g/mol.